The van der Waals surface area contributed by atoms with Crippen molar-refractivity contribution in [2.45, 2.75) is 25.3 Å². The van der Waals surface area contributed by atoms with Gasteiger partial charge in [0, 0.05) is 18.4 Å². The van der Waals surface area contributed by atoms with Gasteiger partial charge in [0.2, 0.25) is 5.89 Å². The van der Waals surface area contributed by atoms with Crippen LogP contribution in [0.3, 0.4) is 0 Å². The van der Waals surface area contributed by atoms with E-state index in [1.807, 2.05) is 30.3 Å². The molecule has 0 saturated carbocycles. The molecule has 6 heteroatoms. The fourth-order valence-corrected chi connectivity index (χ4v) is 3.96. The summed E-state index contributed by atoms with van der Waals surface area (Å²) in [6.07, 6.45) is 3.91. The lowest BCUT2D eigenvalue weighted by Crippen LogP contribution is -2.31. The summed E-state index contributed by atoms with van der Waals surface area (Å²) in [5, 5.41) is 1.00. The van der Waals surface area contributed by atoms with E-state index in [9.17, 15) is 9.18 Å². The molecule has 0 radical (unpaired) electrons. The van der Waals surface area contributed by atoms with Gasteiger partial charge in [-0.3, -0.25) is 4.79 Å². The summed E-state index contributed by atoms with van der Waals surface area (Å²) in [4.78, 5) is 23.9. The van der Waals surface area contributed by atoms with E-state index in [1.54, 1.807) is 29.3 Å². The highest BCUT2D eigenvalue weighted by Gasteiger charge is 2.34. The van der Waals surface area contributed by atoms with Crippen LogP contribution in [-0.2, 0) is 6.42 Å². The van der Waals surface area contributed by atoms with Crippen LogP contribution >= 0.6 is 0 Å². The Morgan fingerprint density at radius 1 is 1.10 bits per heavy atom. The third-order valence-corrected chi connectivity index (χ3v) is 5.48. The number of carbonyl (C=O) groups is 1. The molecule has 1 aliphatic heterocycles. The highest BCUT2D eigenvalue weighted by molar-refractivity contribution is 5.95. The number of halogens is 1. The molecule has 30 heavy (non-hydrogen) atoms. The van der Waals surface area contributed by atoms with Gasteiger partial charge >= 0.3 is 0 Å². The molecular formula is C24H20FN3O2. The van der Waals surface area contributed by atoms with Crippen LogP contribution in [0.15, 0.2) is 71.3 Å². The van der Waals surface area contributed by atoms with Crippen molar-refractivity contribution in [2.75, 3.05) is 6.54 Å². The summed E-state index contributed by atoms with van der Waals surface area (Å²) < 4.78 is 19.1. The van der Waals surface area contributed by atoms with Crippen LogP contribution < -0.4 is 0 Å². The zero-order valence-electron chi connectivity index (χ0n) is 16.3. The summed E-state index contributed by atoms with van der Waals surface area (Å²) in [5.74, 6) is 0.861. The molecule has 1 saturated heterocycles. The van der Waals surface area contributed by atoms with Crippen LogP contribution in [0.1, 0.15) is 46.6 Å². The molecule has 3 heterocycles. The van der Waals surface area contributed by atoms with Crippen LogP contribution in [0.5, 0.6) is 0 Å². The molecule has 2 aromatic heterocycles. The van der Waals surface area contributed by atoms with Gasteiger partial charge in [-0.25, -0.2) is 14.4 Å². The topological polar surface area (TPSA) is 59.2 Å². The van der Waals surface area contributed by atoms with E-state index in [-0.39, 0.29) is 17.8 Å². The van der Waals surface area contributed by atoms with Crippen LogP contribution in [0.25, 0.3) is 10.9 Å². The Hall–Kier alpha value is -3.54. The van der Waals surface area contributed by atoms with Gasteiger partial charge in [-0.2, -0.15) is 0 Å². The van der Waals surface area contributed by atoms with Gasteiger partial charge in [-0.05, 0) is 42.7 Å². The number of likely N-dealkylation sites (tertiary alicyclic amines) is 1. The molecule has 0 spiro atoms. The quantitative estimate of drug-likeness (QED) is 0.487. The van der Waals surface area contributed by atoms with E-state index in [0.29, 0.717) is 30.3 Å². The third kappa shape index (κ3) is 3.56. The number of hydrogen-bond donors (Lipinski definition) is 0. The molecular weight excluding hydrogens is 381 g/mol. The first-order chi connectivity index (χ1) is 14.7. The lowest BCUT2D eigenvalue weighted by molar-refractivity contribution is 0.0709. The normalized spacial score (nSPS) is 16.3. The number of benzene rings is 2. The SMILES string of the molecule is O=C(c1ccc2ccccc2n1)N1CCC[C@H]1c1ncc(Cc2ccc(F)cc2)o1. The van der Waals surface area contributed by atoms with E-state index in [0.717, 1.165) is 29.3 Å². The Morgan fingerprint density at radius 2 is 1.93 bits per heavy atom. The summed E-state index contributed by atoms with van der Waals surface area (Å²) in [5.41, 5.74) is 2.18. The highest BCUT2D eigenvalue weighted by Crippen LogP contribution is 2.33. The maximum atomic E-state index is 13.2. The second-order valence-corrected chi connectivity index (χ2v) is 7.51. The number of carbonyl (C=O) groups excluding carboxylic acids is 1. The van der Waals surface area contributed by atoms with Crippen molar-refractivity contribution in [3.05, 3.63) is 95.6 Å². The Kier molecular flexibility index (Phi) is 4.75. The zero-order valence-corrected chi connectivity index (χ0v) is 16.3. The smallest absolute Gasteiger partial charge is 0.273 e. The fraction of sp³-hybridized carbons (Fsp3) is 0.208. The zero-order chi connectivity index (χ0) is 20.5. The van der Waals surface area contributed by atoms with Crippen molar-refractivity contribution in [2.24, 2.45) is 0 Å². The largest absolute Gasteiger partial charge is 0.443 e. The maximum Gasteiger partial charge on any atom is 0.273 e. The van der Waals surface area contributed by atoms with Gasteiger partial charge < -0.3 is 9.32 Å². The Morgan fingerprint density at radius 3 is 2.80 bits per heavy atom. The minimum atomic E-state index is -0.264. The molecule has 0 N–H and O–H groups in total. The second kappa shape index (κ2) is 7.71. The molecule has 0 bridgehead atoms. The van der Waals surface area contributed by atoms with E-state index in [2.05, 4.69) is 9.97 Å². The van der Waals surface area contributed by atoms with Crippen LogP contribution in [0, 0.1) is 5.82 Å². The Bertz CT molecular complexity index is 1200. The summed E-state index contributed by atoms with van der Waals surface area (Å²) in [7, 11) is 0. The van der Waals surface area contributed by atoms with E-state index < -0.39 is 0 Å². The number of fused-ring (bicyclic) bond motifs is 1. The van der Waals surface area contributed by atoms with Gasteiger partial charge in [0.15, 0.2) is 0 Å². The fourth-order valence-electron chi connectivity index (χ4n) is 3.96. The van der Waals surface area contributed by atoms with Crippen molar-refractivity contribution in [1.29, 1.82) is 0 Å². The molecule has 4 aromatic rings. The summed E-state index contributed by atoms with van der Waals surface area (Å²) >= 11 is 0. The highest BCUT2D eigenvalue weighted by atomic mass is 19.1. The van der Waals surface area contributed by atoms with Crippen LogP contribution in [-0.4, -0.2) is 27.3 Å². The van der Waals surface area contributed by atoms with Gasteiger partial charge in [-0.1, -0.05) is 36.4 Å². The van der Waals surface area contributed by atoms with Gasteiger partial charge in [0.05, 0.1) is 11.7 Å². The molecule has 1 amide bonds. The summed E-state index contributed by atoms with van der Waals surface area (Å²) in [6, 6.07) is 17.6. The number of para-hydroxylation sites is 1. The molecule has 1 aliphatic rings. The monoisotopic (exact) mass is 401 g/mol. The number of rotatable bonds is 4. The molecule has 5 nitrogen and oxygen atoms in total. The van der Waals surface area contributed by atoms with Gasteiger partial charge in [0.25, 0.3) is 5.91 Å². The molecule has 1 atom stereocenters. The van der Waals surface area contributed by atoms with E-state index in [4.69, 9.17) is 4.42 Å². The van der Waals surface area contributed by atoms with Crippen molar-refractivity contribution >= 4 is 16.8 Å². The van der Waals surface area contributed by atoms with E-state index in [1.165, 1.54) is 12.1 Å². The first-order valence-corrected chi connectivity index (χ1v) is 10.0. The number of hydrogen-bond acceptors (Lipinski definition) is 4. The lowest BCUT2D eigenvalue weighted by Gasteiger charge is -2.22. The van der Waals surface area contributed by atoms with E-state index >= 15 is 0 Å². The first-order valence-electron chi connectivity index (χ1n) is 10.0. The number of pyridine rings is 1. The minimum Gasteiger partial charge on any atom is -0.443 e. The lowest BCUT2D eigenvalue weighted by atomic mass is 10.1. The number of oxazole rings is 1. The van der Waals surface area contributed by atoms with Gasteiger partial charge in [-0.15, -0.1) is 0 Å². The molecule has 0 aliphatic carbocycles. The van der Waals surface area contributed by atoms with Crippen molar-refractivity contribution < 1.29 is 13.6 Å². The number of aromatic nitrogens is 2. The first kappa shape index (κ1) is 18.5. The predicted molar refractivity (Wildman–Crippen MR) is 110 cm³/mol. The average Bonchev–Trinajstić information content (AvgIpc) is 3.44. The second-order valence-electron chi connectivity index (χ2n) is 7.51. The van der Waals surface area contributed by atoms with Crippen LogP contribution in [0.2, 0.25) is 0 Å². The molecule has 0 unspecified atom stereocenters. The Labute approximate surface area is 173 Å². The minimum absolute atomic E-state index is 0.110. The molecule has 150 valence electrons. The predicted octanol–water partition coefficient (Wildman–Crippen LogP) is 4.93. The molecule has 5 rings (SSSR count). The number of nitrogens with zero attached hydrogens (tertiary/aromatic N) is 3. The van der Waals surface area contributed by atoms with Crippen molar-refractivity contribution in [1.82, 2.24) is 14.9 Å². The maximum absolute atomic E-state index is 13.2. The van der Waals surface area contributed by atoms with Crippen LogP contribution in [0.4, 0.5) is 4.39 Å². The van der Waals surface area contributed by atoms with Gasteiger partial charge in [0.1, 0.15) is 23.3 Å². The summed E-state index contributed by atoms with van der Waals surface area (Å²) in [6.45, 7) is 0.647. The number of amides is 1. The Balaban J connectivity index is 1.36. The van der Waals surface area contributed by atoms with Crippen molar-refractivity contribution in [3.8, 4) is 0 Å². The third-order valence-electron chi connectivity index (χ3n) is 5.48. The molecule has 2 aromatic carbocycles. The molecule has 1 fully saturated rings. The van der Waals surface area contributed by atoms with Crippen molar-refractivity contribution in [3.63, 3.8) is 0 Å². The average molecular weight is 401 g/mol. The standard InChI is InChI=1S/C24H20FN3O2/c25-18-10-7-16(8-11-18)14-19-15-26-23(30-19)22-6-3-13-28(22)24(29)21-12-9-17-4-1-2-5-20(17)27-21/h1-2,4-5,7-12,15,22H,3,6,13-14H2/t22-/m0/s1.